The molecule has 5 heterocycles. The van der Waals surface area contributed by atoms with Crippen LogP contribution in [0.1, 0.15) is 69.9 Å². The van der Waals surface area contributed by atoms with Crippen molar-refractivity contribution in [2.24, 2.45) is 0 Å². The average molecular weight is 1410 g/mol. The number of imidazole rings is 2. The number of aliphatic hydroxyl groups is 4. The third-order valence-electron chi connectivity index (χ3n) is 13.2. The maximum absolute atomic E-state index is 8.78. The summed E-state index contributed by atoms with van der Waals surface area (Å²) in [6, 6.07) is 38.2. The minimum Gasteiger partial charge on any atom is -1.00 e. The summed E-state index contributed by atoms with van der Waals surface area (Å²) >= 11 is 3.01. The van der Waals surface area contributed by atoms with Crippen molar-refractivity contribution >= 4 is 56.0 Å². The quantitative estimate of drug-likeness (QED) is 0.0150. The smallest absolute Gasteiger partial charge is 1.00 e. The van der Waals surface area contributed by atoms with Crippen molar-refractivity contribution in [3.63, 3.8) is 0 Å². The number of H-pyrrole nitrogens is 2. The number of nitrogens with one attached hydrogen (secondary N) is 2. The number of aromatic amines is 2. The molecule has 0 radical (unpaired) electrons. The molecule has 1 aliphatic rings. The van der Waals surface area contributed by atoms with Crippen LogP contribution >= 0.6 is 15.9 Å². The number of anilines is 2. The topological polar surface area (TPSA) is 297 Å². The summed E-state index contributed by atoms with van der Waals surface area (Å²) in [5.74, 6) is 16.2. The number of benzene rings is 5. The van der Waals surface area contributed by atoms with E-state index in [9.17, 15) is 0 Å². The zero-order valence-electron chi connectivity index (χ0n) is 55.6. The van der Waals surface area contributed by atoms with Crippen molar-refractivity contribution < 1.29 is 92.2 Å². The number of ether oxygens (including phenoxy) is 6. The van der Waals surface area contributed by atoms with Gasteiger partial charge in [0.2, 0.25) is 17.8 Å². The van der Waals surface area contributed by atoms with Crippen LogP contribution in [-0.2, 0) is 89.8 Å². The van der Waals surface area contributed by atoms with Gasteiger partial charge in [0.25, 0.3) is 5.82 Å². The molecule has 0 unspecified atom stereocenters. The molecule has 10 N–H and O–H groups in total. The number of fused-ring (bicyclic) bond motifs is 2. The Bertz CT molecular complexity index is 3780. The molecular weight excluding hydrogens is 1330 g/mol. The third kappa shape index (κ3) is 32.8. The number of nitrogens with two attached hydrogens (primary N) is 2. The second-order valence-corrected chi connectivity index (χ2v) is 20.9. The zero-order valence-corrected chi connectivity index (χ0v) is 58.9. The van der Waals surface area contributed by atoms with Crippen LogP contribution in [0.3, 0.4) is 0 Å². The van der Waals surface area contributed by atoms with Gasteiger partial charge in [0.15, 0.2) is 16.8 Å². The summed E-state index contributed by atoms with van der Waals surface area (Å²) in [5.41, 5.74) is 24.0. The molecule has 1 fully saturated rings. The van der Waals surface area contributed by atoms with Gasteiger partial charge >= 0.3 is 29.6 Å². The number of nitrogens with zero attached hydrogens (tertiary/aromatic N) is 7. The van der Waals surface area contributed by atoms with E-state index in [1.165, 1.54) is 19.2 Å². The number of aromatic nitrogens is 8. The molecule has 1 aliphatic heterocycles. The molecule has 0 aliphatic carbocycles. The van der Waals surface area contributed by atoms with Crippen molar-refractivity contribution in [2.45, 2.75) is 78.9 Å². The first-order valence-corrected chi connectivity index (χ1v) is 30.7. The molecule has 5 aromatic carbocycles. The van der Waals surface area contributed by atoms with Gasteiger partial charge < -0.3 is 84.1 Å². The Balaban J connectivity index is 0.000000588. The minimum atomic E-state index is 0. The average Bonchev–Trinajstić information content (AvgIpc) is 1.60. The van der Waals surface area contributed by atoms with E-state index >= 15 is 0 Å². The number of hydrogen-bond acceptors (Lipinski definition) is 18. The number of aliphatic hydroxyl groups excluding tert-OH is 4. The van der Waals surface area contributed by atoms with Gasteiger partial charge in [-0.25, -0.2) is 9.97 Å². The molecule has 24 heteroatoms. The summed E-state index contributed by atoms with van der Waals surface area (Å²) in [5, 5.41) is 35.5. The predicted octanol–water partition coefficient (Wildman–Crippen LogP) is 2.78. The number of terminal acetylenes is 6. The number of quaternary nitrogens is 1. The normalized spacial score (nSPS) is 11.0. The van der Waals surface area contributed by atoms with Gasteiger partial charge in [-0.3, -0.25) is 4.48 Å². The molecule has 9 aromatic rings. The van der Waals surface area contributed by atoms with Gasteiger partial charge in [0, 0.05) is 12.8 Å². The van der Waals surface area contributed by atoms with E-state index in [1.807, 2.05) is 97.1 Å². The van der Waals surface area contributed by atoms with Gasteiger partial charge in [0.05, 0.1) is 97.6 Å². The minimum absolute atomic E-state index is 0. The van der Waals surface area contributed by atoms with Gasteiger partial charge in [-0.05, 0) is 55.6 Å². The van der Waals surface area contributed by atoms with Crippen molar-refractivity contribution in [1.82, 2.24) is 44.4 Å². The van der Waals surface area contributed by atoms with Crippen molar-refractivity contribution in [3.8, 4) is 79.9 Å². The fourth-order valence-corrected chi connectivity index (χ4v) is 8.38. The summed E-state index contributed by atoms with van der Waals surface area (Å²) in [6.07, 6.45) is 35.7. The van der Waals surface area contributed by atoms with E-state index in [0.29, 0.717) is 107 Å². The molecule has 97 heavy (non-hydrogen) atoms. The summed E-state index contributed by atoms with van der Waals surface area (Å²) in [6.45, 7) is 7.10. The van der Waals surface area contributed by atoms with Crippen LogP contribution < -0.4 is 62.7 Å². The molecule has 0 saturated carbocycles. The van der Waals surface area contributed by atoms with E-state index in [4.69, 9.17) is 98.9 Å². The van der Waals surface area contributed by atoms with E-state index in [0.717, 1.165) is 84.5 Å². The molecule has 0 amide bonds. The third-order valence-corrected chi connectivity index (χ3v) is 13.5. The van der Waals surface area contributed by atoms with Crippen LogP contribution in [0.5, 0.6) is 5.88 Å². The Morgan fingerprint density at radius 1 is 0.443 bits per heavy atom. The fourth-order valence-electron chi connectivity index (χ4n) is 8.38. The number of halogens is 2. The van der Waals surface area contributed by atoms with Gasteiger partial charge in [-0.1, -0.05) is 173 Å². The Morgan fingerprint density at radius 2 is 0.711 bits per heavy atom. The summed E-state index contributed by atoms with van der Waals surface area (Å²) in [7, 11) is 2.19. The second kappa shape index (κ2) is 50.7. The molecule has 1 saturated heterocycles. The van der Waals surface area contributed by atoms with Gasteiger partial charge in [-0.2, -0.15) is 19.9 Å². The monoisotopic (exact) mass is 1410 g/mol. The molecule has 0 atom stereocenters. The predicted molar refractivity (Wildman–Crippen MR) is 375 cm³/mol. The van der Waals surface area contributed by atoms with Crippen LogP contribution in [0, 0.1) is 74.1 Å². The van der Waals surface area contributed by atoms with Gasteiger partial charge in [-0.15, -0.1) is 38.5 Å². The number of likely N-dealkylation sites (tertiary alicyclic amines) is 1. The summed E-state index contributed by atoms with van der Waals surface area (Å²) < 4.78 is 32.5. The largest absolute Gasteiger partial charge is 1.00 e. The van der Waals surface area contributed by atoms with E-state index < -0.39 is 0 Å². The maximum atomic E-state index is 8.78. The molecule has 10 rings (SSSR count). The van der Waals surface area contributed by atoms with E-state index in [-0.39, 0.29) is 75.8 Å². The number of hydrogen-bond donors (Lipinski definition) is 8. The van der Waals surface area contributed by atoms with Crippen molar-refractivity contribution in [2.75, 3.05) is 70.0 Å². The van der Waals surface area contributed by atoms with Crippen LogP contribution in [0.4, 0.5) is 17.7 Å². The van der Waals surface area contributed by atoms with Crippen LogP contribution in [0.2, 0.25) is 0 Å². The standard InChI is InChI=1S/C16H15N5O2.C14H14O2.2C11H12O2.C10H15N6.C8H10O2.C3H3Br.ClH.Na.H/c1-2-7-22-8-11-3-5-12(6-4-11)9-23-15-13-14(19-10-18-13)20-16(17)21-15;1-3-9-15-11-13-5-7-14(8-6-13)12-16-10-4-2;2*1-2-7-13-9-11-5-3-10(8-12)4-6-11;1-16(4-2-3-5-16)9-7-8(13-6-12-7)14-10(11)15-9;9-5-7-1-2-8(6-10)4-3-7;1-2-3-4;;;/h1,3-6,10H,7-9H2,(H3,17,18,19,20,21);1-2,5-8H,9-12H2;2*1,3-6,12H,7-9H2;6H,2-5H2,1H3,(H3,11,12,13,14,15);1-4,9-10H,5-6H2;1H,3H2;1H;;/q;;;;+1;;;;+1;-1/p-1. The Labute approximate surface area is 606 Å². The molecule has 504 valence electrons. The SMILES string of the molecule is C#CCBr.C#CCOCc1ccc(CO)cc1.C#CCOCc1ccc(CO)cc1.C#CCOCc1ccc(COCC#C)cc1.C#CCOCc1ccc(COc2nc(N)nc3nc[nH]c23)cc1.C[N+]1(c2nc(N)nc3nc[nH]c23)CCCC1.OCc1ccc(CO)cc1.[Cl-].[H-].[Na+]. The first-order valence-electron chi connectivity index (χ1n) is 29.6. The first-order chi connectivity index (χ1) is 46.3. The van der Waals surface area contributed by atoms with Crippen LogP contribution in [0.15, 0.2) is 134 Å². The Kier molecular flexibility index (Phi) is 44.1. The van der Waals surface area contributed by atoms with Crippen molar-refractivity contribution in [1.29, 1.82) is 0 Å². The van der Waals surface area contributed by atoms with Gasteiger partial charge in [0.1, 0.15) is 45.2 Å². The molecule has 0 bridgehead atoms. The number of nitrogen functional groups attached to an aromatic ring is 2. The second-order valence-electron chi connectivity index (χ2n) is 20.4. The molecule has 21 nitrogen and oxygen atoms in total. The van der Waals surface area contributed by atoms with Crippen LogP contribution in [-0.4, -0.2) is 119 Å². The zero-order chi connectivity index (χ0) is 68.7. The fraction of sp³-hybridized carbons (Fsp3) is 0.288. The molecular formula is C73H82BrClN11NaO10. The molecule has 0 spiro atoms. The molecule has 4 aromatic heterocycles. The Hall–Kier alpha value is -8.67. The number of alkyl halides is 1. The number of rotatable bonds is 23. The van der Waals surface area contributed by atoms with E-state index in [1.54, 1.807) is 30.6 Å². The van der Waals surface area contributed by atoms with E-state index in [2.05, 4.69) is 98.4 Å². The van der Waals surface area contributed by atoms with Crippen molar-refractivity contribution in [3.05, 3.63) is 190 Å². The summed E-state index contributed by atoms with van der Waals surface area (Å²) in [4.78, 5) is 30.9. The maximum Gasteiger partial charge on any atom is 1.00 e. The Morgan fingerprint density at radius 3 is 1.00 bits per heavy atom. The first kappa shape index (κ1) is 84.4. The van der Waals surface area contributed by atoms with Crippen LogP contribution in [0.25, 0.3) is 22.3 Å².